The summed E-state index contributed by atoms with van der Waals surface area (Å²) in [4.78, 5) is 17.4. The molecule has 142 valence electrons. The third-order valence-electron chi connectivity index (χ3n) is 5.62. The minimum absolute atomic E-state index is 0.0989. The molecule has 2 heterocycles. The van der Waals surface area contributed by atoms with Crippen LogP contribution in [0.5, 0.6) is 0 Å². The number of ether oxygens (including phenoxy) is 1. The van der Waals surface area contributed by atoms with E-state index in [0.717, 1.165) is 62.6 Å². The quantitative estimate of drug-likeness (QED) is 0.817. The first-order valence-electron chi connectivity index (χ1n) is 10.0. The average Bonchev–Trinajstić information content (AvgIpc) is 2.73. The summed E-state index contributed by atoms with van der Waals surface area (Å²) in [6.45, 7) is 8.56. The van der Waals surface area contributed by atoms with E-state index in [1.165, 1.54) is 11.1 Å². The summed E-state index contributed by atoms with van der Waals surface area (Å²) in [5.41, 5.74) is 5.64. The fourth-order valence-electron chi connectivity index (χ4n) is 3.98. The number of amides is 1. The smallest absolute Gasteiger partial charge is 0.258 e. The summed E-state index contributed by atoms with van der Waals surface area (Å²) < 4.78 is 5.42. The molecule has 1 saturated heterocycles. The van der Waals surface area contributed by atoms with Gasteiger partial charge in [-0.2, -0.15) is 0 Å². The Hall–Kier alpha value is -2.33. The van der Waals surface area contributed by atoms with Crippen LogP contribution >= 0.6 is 0 Å². The zero-order chi connectivity index (χ0) is 18.8. The zero-order valence-electron chi connectivity index (χ0n) is 16.3. The summed E-state index contributed by atoms with van der Waals surface area (Å²) in [5.74, 6) is 0.607. The zero-order valence-corrected chi connectivity index (χ0v) is 16.3. The fraction of sp³-hybridized carbons (Fsp3) is 0.435. The number of carbonyl (C=O) groups excluding carboxylic acids is 1. The lowest BCUT2D eigenvalue weighted by Crippen LogP contribution is -2.36. The minimum Gasteiger partial charge on any atom is -0.378 e. The molecule has 2 aromatic rings. The number of benzene rings is 2. The van der Waals surface area contributed by atoms with Gasteiger partial charge in [0.25, 0.3) is 5.91 Å². The maximum absolute atomic E-state index is 13.2. The highest BCUT2D eigenvalue weighted by Crippen LogP contribution is 2.31. The van der Waals surface area contributed by atoms with Crippen LogP contribution in [-0.4, -0.2) is 38.8 Å². The molecule has 2 aromatic carbocycles. The van der Waals surface area contributed by atoms with E-state index in [1.54, 1.807) is 0 Å². The lowest BCUT2D eigenvalue weighted by atomic mass is 9.94. The number of rotatable bonds is 3. The van der Waals surface area contributed by atoms with Crippen LogP contribution in [0, 0.1) is 0 Å². The Morgan fingerprint density at radius 2 is 1.74 bits per heavy atom. The van der Waals surface area contributed by atoms with Crippen molar-refractivity contribution in [2.75, 3.05) is 42.6 Å². The highest BCUT2D eigenvalue weighted by Gasteiger charge is 2.24. The van der Waals surface area contributed by atoms with Gasteiger partial charge >= 0.3 is 0 Å². The number of anilines is 2. The van der Waals surface area contributed by atoms with Crippen LogP contribution < -0.4 is 9.80 Å². The highest BCUT2D eigenvalue weighted by molar-refractivity contribution is 6.07. The first-order chi connectivity index (χ1) is 13.1. The van der Waals surface area contributed by atoms with Crippen molar-refractivity contribution in [3.63, 3.8) is 0 Å². The van der Waals surface area contributed by atoms with Crippen molar-refractivity contribution in [1.82, 2.24) is 0 Å². The van der Waals surface area contributed by atoms with Gasteiger partial charge in [0.05, 0.1) is 13.2 Å². The molecule has 0 N–H and O–H groups in total. The van der Waals surface area contributed by atoms with Crippen molar-refractivity contribution in [2.45, 2.75) is 32.6 Å². The molecule has 0 atom stereocenters. The van der Waals surface area contributed by atoms with Crippen molar-refractivity contribution in [3.05, 3.63) is 59.2 Å². The van der Waals surface area contributed by atoms with E-state index in [9.17, 15) is 4.79 Å². The van der Waals surface area contributed by atoms with Crippen LogP contribution in [0.1, 0.15) is 47.7 Å². The topological polar surface area (TPSA) is 32.8 Å². The Morgan fingerprint density at radius 1 is 1.00 bits per heavy atom. The van der Waals surface area contributed by atoms with Crippen LogP contribution in [0.4, 0.5) is 11.4 Å². The predicted molar refractivity (Wildman–Crippen MR) is 110 cm³/mol. The standard InChI is InChI=1S/C23H28N2O2/c1-17(2)19-7-10-22-20(16-19)4-3-11-25(22)23(26)18-5-8-21(9-6-18)24-12-14-27-15-13-24/h5-10,16-17H,3-4,11-15H2,1-2H3. The number of carbonyl (C=O) groups is 1. The van der Waals surface area contributed by atoms with E-state index in [2.05, 4.69) is 49.1 Å². The molecule has 0 saturated carbocycles. The molecule has 0 bridgehead atoms. The minimum atomic E-state index is 0.0989. The molecule has 1 amide bonds. The number of nitrogens with zero attached hydrogens (tertiary/aromatic N) is 2. The summed E-state index contributed by atoms with van der Waals surface area (Å²) in [6.07, 6.45) is 2.07. The number of morpholine rings is 1. The molecule has 0 aromatic heterocycles. The average molecular weight is 364 g/mol. The normalized spacial score (nSPS) is 17.1. The first kappa shape index (κ1) is 18.1. The fourth-order valence-corrected chi connectivity index (χ4v) is 3.98. The Kier molecular flexibility index (Phi) is 5.17. The second-order valence-electron chi connectivity index (χ2n) is 7.75. The second-order valence-corrected chi connectivity index (χ2v) is 7.75. The van der Waals surface area contributed by atoms with Crippen LogP contribution in [0.2, 0.25) is 0 Å². The molecule has 0 spiro atoms. The van der Waals surface area contributed by atoms with Gasteiger partial charge in [-0.05, 0) is 60.2 Å². The molecule has 0 radical (unpaired) electrons. The van der Waals surface area contributed by atoms with Crippen molar-refractivity contribution in [1.29, 1.82) is 0 Å². The molecule has 0 unspecified atom stereocenters. The van der Waals surface area contributed by atoms with Crippen LogP contribution in [0.3, 0.4) is 0 Å². The third kappa shape index (κ3) is 3.72. The molecule has 4 rings (SSSR count). The molecule has 1 fully saturated rings. The summed E-state index contributed by atoms with van der Waals surface area (Å²) >= 11 is 0. The van der Waals surface area contributed by atoms with Gasteiger partial charge in [0.1, 0.15) is 0 Å². The molecule has 4 nitrogen and oxygen atoms in total. The summed E-state index contributed by atoms with van der Waals surface area (Å²) in [5, 5.41) is 0. The number of hydrogen-bond acceptors (Lipinski definition) is 3. The predicted octanol–water partition coefficient (Wildman–Crippen LogP) is 4.24. The SMILES string of the molecule is CC(C)c1ccc2c(c1)CCCN2C(=O)c1ccc(N2CCOCC2)cc1. The van der Waals surface area contributed by atoms with Gasteiger partial charge < -0.3 is 14.5 Å². The van der Waals surface area contributed by atoms with E-state index in [0.29, 0.717) is 5.92 Å². The van der Waals surface area contributed by atoms with Crippen molar-refractivity contribution in [3.8, 4) is 0 Å². The third-order valence-corrected chi connectivity index (χ3v) is 5.62. The van der Waals surface area contributed by atoms with E-state index in [1.807, 2.05) is 17.0 Å². The number of fused-ring (bicyclic) bond motifs is 1. The maximum atomic E-state index is 13.2. The molecule has 2 aliphatic heterocycles. The Morgan fingerprint density at radius 3 is 2.44 bits per heavy atom. The van der Waals surface area contributed by atoms with E-state index < -0.39 is 0 Å². The molecule has 0 aliphatic carbocycles. The van der Waals surface area contributed by atoms with Gasteiger partial charge in [0.15, 0.2) is 0 Å². The van der Waals surface area contributed by atoms with Gasteiger partial charge in [0, 0.05) is 36.6 Å². The van der Waals surface area contributed by atoms with E-state index in [-0.39, 0.29) is 5.91 Å². The van der Waals surface area contributed by atoms with Crippen LogP contribution in [-0.2, 0) is 11.2 Å². The van der Waals surface area contributed by atoms with Crippen LogP contribution in [0.25, 0.3) is 0 Å². The Labute approximate surface area is 161 Å². The lowest BCUT2D eigenvalue weighted by Gasteiger charge is -2.31. The Balaban J connectivity index is 1.55. The molecular weight excluding hydrogens is 336 g/mol. The van der Waals surface area contributed by atoms with E-state index in [4.69, 9.17) is 4.74 Å². The molecule has 2 aliphatic rings. The Bertz CT molecular complexity index is 808. The summed E-state index contributed by atoms with van der Waals surface area (Å²) in [7, 11) is 0. The highest BCUT2D eigenvalue weighted by atomic mass is 16.5. The monoisotopic (exact) mass is 364 g/mol. The lowest BCUT2D eigenvalue weighted by molar-refractivity contribution is 0.0985. The molecular formula is C23H28N2O2. The van der Waals surface area contributed by atoms with Gasteiger partial charge in [-0.25, -0.2) is 0 Å². The van der Waals surface area contributed by atoms with Crippen LogP contribution in [0.15, 0.2) is 42.5 Å². The molecule has 27 heavy (non-hydrogen) atoms. The number of hydrogen-bond donors (Lipinski definition) is 0. The van der Waals surface area contributed by atoms with Gasteiger partial charge in [-0.1, -0.05) is 26.0 Å². The van der Waals surface area contributed by atoms with Crippen molar-refractivity contribution < 1.29 is 9.53 Å². The van der Waals surface area contributed by atoms with E-state index >= 15 is 0 Å². The first-order valence-corrected chi connectivity index (χ1v) is 10.0. The van der Waals surface area contributed by atoms with Crippen molar-refractivity contribution >= 4 is 17.3 Å². The molecule has 4 heteroatoms. The number of aryl methyl sites for hydroxylation is 1. The van der Waals surface area contributed by atoms with Gasteiger partial charge in [0.2, 0.25) is 0 Å². The van der Waals surface area contributed by atoms with Gasteiger partial charge in [-0.3, -0.25) is 4.79 Å². The maximum Gasteiger partial charge on any atom is 0.258 e. The van der Waals surface area contributed by atoms with Gasteiger partial charge in [-0.15, -0.1) is 0 Å². The summed E-state index contributed by atoms with van der Waals surface area (Å²) in [6, 6.07) is 14.6. The van der Waals surface area contributed by atoms with Crippen molar-refractivity contribution in [2.24, 2.45) is 0 Å². The largest absolute Gasteiger partial charge is 0.378 e. The second kappa shape index (κ2) is 7.73.